The molecule has 5 N–H and O–H groups in total. The summed E-state index contributed by atoms with van der Waals surface area (Å²) in [6.45, 7) is 29.6. The third-order valence-electron chi connectivity index (χ3n) is 16.4. The van der Waals surface area contributed by atoms with Crippen molar-refractivity contribution in [3.8, 4) is 0 Å². The van der Waals surface area contributed by atoms with Crippen molar-refractivity contribution in [2.75, 3.05) is 55.9 Å². The van der Waals surface area contributed by atoms with E-state index >= 15 is 14.4 Å². The van der Waals surface area contributed by atoms with Gasteiger partial charge in [0.15, 0.2) is 0 Å². The van der Waals surface area contributed by atoms with Crippen molar-refractivity contribution in [2.24, 2.45) is 41.4 Å². The molecule has 0 bridgehead atoms. The van der Waals surface area contributed by atoms with E-state index in [1.54, 1.807) is 54.5 Å². The van der Waals surface area contributed by atoms with Gasteiger partial charge in [0.25, 0.3) is 0 Å². The zero-order valence-corrected chi connectivity index (χ0v) is 56.8. The lowest BCUT2D eigenvalue weighted by molar-refractivity contribution is -0.157. The number of hydrogen-bond donors (Lipinski definition) is 5. The van der Waals surface area contributed by atoms with Gasteiger partial charge in [-0.1, -0.05) is 109 Å². The van der Waals surface area contributed by atoms with Gasteiger partial charge in [-0.05, 0) is 107 Å². The van der Waals surface area contributed by atoms with Crippen molar-refractivity contribution >= 4 is 65.0 Å². The Bertz CT molecular complexity index is 2340. The van der Waals surface area contributed by atoms with Gasteiger partial charge in [0.05, 0.1) is 12.6 Å². The Hall–Kier alpha value is -6.13. The summed E-state index contributed by atoms with van der Waals surface area (Å²) in [4.78, 5) is 169. The third-order valence-corrected chi connectivity index (χ3v) is 16.4. The second-order valence-corrected chi connectivity index (χ2v) is 26.4. The van der Waals surface area contributed by atoms with E-state index in [4.69, 9.17) is 0 Å². The molecular weight excluding hydrogens is 1100 g/mol. The van der Waals surface area contributed by atoms with Gasteiger partial charge in [0.2, 0.25) is 65.0 Å². The summed E-state index contributed by atoms with van der Waals surface area (Å²) in [5.74, 6) is -9.44. The first-order valence-electron chi connectivity index (χ1n) is 31.1. The minimum Gasteiger partial charge on any atom is -0.390 e. The maximum Gasteiger partial charge on any atom is 0.246 e. The van der Waals surface area contributed by atoms with Crippen molar-refractivity contribution in [2.45, 2.75) is 229 Å². The Morgan fingerprint density at radius 3 is 1.41 bits per heavy atom. The van der Waals surface area contributed by atoms with Crippen LogP contribution < -0.4 is 21.3 Å². The summed E-state index contributed by atoms with van der Waals surface area (Å²) in [7, 11) is 9.95. The van der Waals surface area contributed by atoms with E-state index in [-0.39, 0.29) is 55.8 Å². The highest BCUT2D eigenvalue weighted by atomic mass is 16.3. The molecule has 0 spiro atoms. The van der Waals surface area contributed by atoms with E-state index in [9.17, 15) is 43.5 Å². The Labute approximate surface area is 515 Å². The van der Waals surface area contributed by atoms with Crippen LogP contribution in [0.3, 0.4) is 0 Å². The number of likely N-dealkylation sites (N-methyl/N-ethyl adjacent to an activating group) is 7. The zero-order valence-electron chi connectivity index (χ0n) is 56.8. The highest BCUT2D eigenvalue weighted by Crippen LogP contribution is 2.26. The molecule has 0 aromatic rings. The van der Waals surface area contributed by atoms with Crippen LogP contribution in [-0.2, 0) is 52.7 Å². The first-order valence-corrected chi connectivity index (χ1v) is 31.1. The maximum atomic E-state index is 15.2. The Balaban J connectivity index is 4.34. The number of carbonyl (C=O) groups is 11. The van der Waals surface area contributed by atoms with Crippen LogP contribution in [0.5, 0.6) is 0 Å². The minimum absolute atomic E-state index is 0.0232. The molecule has 0 radical (unpaired) electrons. The molecule has 11 amide bonds. The normalized spacial score (nSPS) is 26.7. The van der Waals surface area contributed by atoms with Crippen LogP contribution in [-0.4, -0.2) is 227 Å². The van der Waals surface area contributed by atoms with Gasteiger partial charge >= 0.3 is 0 Å². The quantitative estimate of drug-likeness (QED) is 0.139. The summed E-state index contributed by atoms with van der Waals surface area (Å²) in [5.41, 5.74) is 0. The fourth-order valence-electron chi connectivity index (χ4n) is 10.8. The van der Waals surface area contributed by atoms with Crippen LogP contribution >= 0.6 is 0 Å². The molecule has 86 heavy (non-hydrogen) atoms. The molecule has 12 atom stereocenters. The predicted molar refractivity (Wildman–Crippen MR) is 333 cm³/mol. The second kappa shape index (κ2) is 35.6. The molecule has 1 fully saturated rings. The van der Waals surface area contributed by atoms with E-state index in [2.05, 4.69) is 21.3 Å². The molecule has 1 saturated heterocycles. The van der Waals surface area contributed by atoms with Crippen molar-refractivity contribution in [3.63, 3.8) is 0 Å². The standard InChI is InChI=1S/C63H113N11O12/c1-25-27-28-41(15)53(76)52-57(80)66-44(26-2)59(82)68(18)34-49(75)69(19)46(31-36(5)6)56(79)67-50(39(11)12)62(85)71(21)47(32-37(7)8)55(78)64-42(16)54(77)65-43(17)58(81)70(20)45(30-29-35(3)4)60(83)72(22)48(33-38(9)10)61(84)73(23)51(40(13)14)63(86)74(52)24/h25,27,35-48,50-53,76H,26,28-34H2,1-24H3,(H,64,78)(H,65,77)(H,66,80)(H,67,79)/b27-25+/t41-,42+,43-,44+,45+,46+,47?,48+,50+,51?,52+,53-/m1/s1. The average Bonchev–Trinajstić information content (AvgIpc) is 1.14. The van der Waals surface area contributed by atoms with Gasteiger partial charge < -0.3 is 60.7 Å². The number of nitrogens with zero attached hydrogens (tertiary/aromatic N) is 7. The summed E-state index contributed by atoms with van der Waals surface area (Å²) < 4.78 is 0. The van der Waals surface area contributed by atoms with E-state index < -0.39 is 156 Å². The van der Waals surface area contributed by atoms with Crippen LogP contribution in [0.2, 0.25) is 0 Å². The summed E-state index contributed by atoms with van der Waals surface area (Å²) in [5, 5.41) is 23.1. The molecule has 1 rings (SSSR count). The second-order valence-electron chi connectivity index (χ2n) is 26.4. The molecule has 0 aliphatic carbocycles. The molecule has 23 nitrogen and oxygen atoms in total. The van der Waals surface area contributed by atoms with Crippen molar-refractivity contribution in [3.05, 3.63) is 12.2 Å². The van der Waals surface area contributed by atoms with Gasteiger partial charge in [-0.25, -0.2) is 0 Å². The number of hydrogen-bond acceptors (Lipinski definition) is 12. The molecule has 23 heteroatoms. The van der Waals surface area contributed by atoms with Gasteiger partial charge in [-0.3, -0.25) is 52.7 Å². The minimum atomic E-state index is -1.61. The molecular formula is C63H113N11O12. The summed E-state index contributed by atoms with van der Waals surface area (Å²) >= 11 is 0. The predicted octanol–water partition coefficient (Wildman–Crippen LogP) is 3.66. The number of rotatable bonds is 16. The largest absolute Gasteiger partial charge is 0.390 e. The maximum absolute atomic E-state index is 15.2. The van der Waals surface area contributed by atoms with Crippen molar-refractivity contribution in [1.29, 1.82) is 0 Å². The van der Waals surface area contributed by atoms with E-state index in [1.807, 2.05) is 61.5 Å². The monoisotopic (exact) mass is 1220 g/mol. The molecule has 0 aromatic heterocycles. The highest BCUT2D eigenvalue weighted by Gasteiger charge is 2.45. The number of amides is 11. The van der Waals surface area contributed by atoms with Crippen LogP contribution in [0.25, 0.3) is 0 Å². The lowest BCUT2D eigenvalue weighted by atomic mass is 9.91. The van der Waals surface area contributed by atoms with Crippen LogP contribution in [0.15, 0.2) is 12.2 Å². The lowest BCUT2D eigenvalue weighted by Crippen LogP contribution is -2.63. The number of allylic oxidation sites excluding steroid dienone is 2. The fraction of sp³-hybridized carbons (Fsp3) is 0.794. The van der Waals surface area contributed by atoms with Crippen LogP contribution in [0.1, 0.15) is 163 Å². The van der Waals surface area contributed by atoms with Crippen LogP contribution in [0, 0.1) is 41.4 Å². The molecule has 1 aliphatic heterocycles. The van der Waals surface area contributed by atoms with Gasteiger partial charge in [-0.2, -0.15) is 0 Å². The Kier molecular flexibility index (Phi) is 32.3. The molecule has 492 valence electrons. The number of aliphatic hydroxyl groups is 1. The van der Waals surface area contributed by atoms with E-state index in [0.29, 0.717) is 12.8 Å². The smallest absolute Gasteiger partial charge is 0.246 e. The summed E-state index contributed by atoms with van der Waals surface area (Å²) in [6.07, 6.45) is 3.57. The van der Waals surface area contributed by atoms with E-state index in [0.717, 1.165) is 9.80 Å². The average molecular weight is 1220 g/mol. The molecule has 0 saturated carbocycles. The number of nitrogens with one attached hydrogen (secondary N) is 4. The third kappa shape index (κ3) is 21.9. The SMILES string of the molecule is C/C=C/C[C@@H](C)[C@@H](O)[C@H]1C(=O)N[C@@H](CC)C(=O)N(C)CC(=O)N(C)[C@@H](CC(C)C)C(=O)N[C@@H](C(C)C)C(=O)N(C)C(CC(C)C)C(=O)N[C@@H](C)C(=O)N[C@H](C)C(=O)N(C)[C@@H](CCC(C)C)C(=O)N(C)[C@@H](CC(C)C)C(=O)N(C)C(C(C)C)C(=O)N1C. The fourth-order valence-corrected chi connectivity index (χ4v) is 10.8. The van der Waals surface area contributed by atoms with Gasteiger partial charge in [-0.15, -0.1) is 0 Å². The Morgan fingerprint density at radius 2 is 0.930 bits per heavy atom. The van der Waals surface area contributed by atoms with Crippen LogP contribution in [0.4, 0.5) is 0 Å². The van der Waals surface area contributed by atoms with Crippen molar-refractivity contribution in [1.82, 2.24) is 55.6 Å². The topological polar surface area (TPSA) is 279 Å². The highest BCUT2D eigenvalue weighted by molar-refractivity contribution is 5.99. The van der Waals surface area contributed by atoms with Gasteiger partial charge in [0.1, 0.15) is 60.4 Å². The lowest BCUT2D eigenvalue weighted by Gasteiger charge is -2.41. The molecule has 1 heterocycles. The first-order chi connectivity index (χ1) is 39.7. The van der Waals surface area contributed by atoms with Crippen molar-refractivity contribution < 1.29 is 57.8 Å². The van der Waals surface area contributed by atoms with Gasteiger partial charge in [0, 0.05) is 49.3 Å². The molecule has 0 aromatic carbocycles. The Morgan fingerprint density at radius 1 is 0.477 bits per heavy atom. The molecule has 2 unspecified atom stereocenters. The summed E-state index contributed by atoms with van der Waals surface area (Å²) in [6, 6.07) is -12.3. The molecule has 1 aliphatic rings. The number of carbonyl (C=O) groups excluding carboxylic acids is 11. The number of aliphatic hydroxyl groups excluding tert-OH is 1. The first kappa shape index (κ1) is 77.9. The van der Waals surface area contributed by atoms with E-state index in [1.165, 1.54) is 87.7 Å². The zero-order chi connectivity index (χ0) is 66.7.